The molecule has 146 valence electrons. The van der Waals surface area contributed by atoms with Crippen LogP contribution in [0.2, 0.25) is 10.0 Å². The summed E-state index contributed by atoms with van der Waals surface area (Å²) >= 11 is 13.6. The van der Waals surface area contributed by atoms with Crippen molar-refractivity contribution in [2.75, 3.05) is 12.8 Å². The Kier molecular flexibility index (Phi) is 6.65. The second-order valence-corrected chi connectivity index (χ2v) is 8.23. The van der Waals surface area contributed by atoms with Crippen molar-refractivity contribution >= 4 is 40.9 Å². The highest BCUT2D eigenvalue weighted by molar-refractivity contribution is 7.99. The lowest BCUT2D eigenvalue weighted by Gasteiger charge is -2.18. The van der Waals surface area contributed by atoms with E-state index in [-0.39, 0.29) is 11.7 Å². The smallest absolute Gasteiger partial charge is 0.233 e. The summed E-state index contributed by atoms with van der Waals surface area (Å²) in [7, 11) is 1.74. The van der Waals surface area contributed by atoms with Gasteiger partial charge in [-0.3, -0.25) is 9.36 Å². The number of carbonyl (C=O) groups is 1. The highest BCUT2D eigenvalue weighted by atomic mass is 35.5. The second kappa shape index (κ2) is 8.99. The molecule has 0 fully saturated rings. The number of halogens is 2. The molecule has 1 aromatic heterocycles. The molecule has 0 saturated heterocycles. The van der Waals surface area contributed by atoms with Gasteiger partial charge < -0.3 is 4.90 Å². The molecule has 0 aliphatic heterocycles. The van der Waals surface area contributed by atoms with Crippen LogP contribution < -0.4 is 0 Å². The lowest BCUT2D eigenvalue weighted by Crippen LogP contribution is -2.28. The number of amides is 1. The molecule has 2 aromatic carbocycles. The van der Waals surface area contributed by atoms with Crippen LogP contribution in [-0.2, 0) is 11.3 Å². The highest BCUT2D eigenvalue weighted by Crippen LogP contribution is 2.27. The Hall–Kier alpha value is -2.02. The van der Waals surface area contributed by atoms with E-state index in [1.54, 1.807) is 24.3 Å². The maximum atomic E-state index is 12.6. The van der Waals surface area contributed by atoms with Crippen LogP contribution in [-0.4, -0.2) is 38.4 Å². The van der Waals surface area contributed by atoms with Gasteiger partial charge in [0.05, 0.1) is 15.8 Å². The zero-order valence-corrected chi connectivity index (χ0v) is 18.1. The minimum atomic E-state index is -0.0318. The predicted molar refractivity (Wildman–Crippen MR) is 114 cm³/mol. The van der Waals surface area contributed by atoms with Crippen molar-refractivity contribution in [3.63, 3.8) is 0 Å². The van der Waals surface area contributed by atoms with Gasteiger partial charge in [0, 0.05) is 19.3 Å². The second-order valence-electron chi connectivity index (χ2n) is 6.50. The monoisotopic (exact) mass is 434 g/mol. The minimum absolute atomic E-state index is 0.0318. The molecule has 0 unspecified atom stereocenters. The third kappa shape index (κ3) is 4.69. The lowest BCUT2D eigenvalue weighted by atomic mass is 10.1. The van der Waals surface area contributed by atoms with Crippen LogP contribution in [0.25, 0.3) is 5.69 Å². The maximum absolute atomic E-state index is 12.6. The molecule has 0 saturated carbocycles. The molecule has 0 bridgehead atoms. The van der Waals surface area contributed by atoms with Gasteiger partial charge in [-0.05, 0) is 48.7 Å². The molecule has 5 nitrogen and oxygen atoms in total. The van der Waals surface area contributed by atoms with Crippen molar-refractivity contribution in [3.05, 3.63) is 69.5 Å². The number of carbonyl (C=O) groups excluding carboxylic acids is 1. The Balaban J connectivity index is 1.66. The van der Waals surface area contributed by atoms with E-state index in [0.717, 1.165) is 11.3 Å². The van der Waals surface area contributed by atoms with E-state index in [0.29, 0.717) is 21.7 Å². The zero-order chi connectivity index (χ0) is 20.3. The molecule has 0 spiro atoms. The fourth-order valence-corrected chi connectivity index (χ4v) is 3.88. The van der Waals surface area contributed by atoms with Crippen molar-refractivity contribution in [1.82, 2.24) is 19.7 Å². The van der Waals surface area contributed by atoms with Crippen LogP contribution in [0.3, 0.4) is 0 Å². The van der Waals surface area contributed by atoms with E-state index < -0.39 is 0 Å². The Morgan fingerprint density at radius 3 is 2.71 bits per heavy atom. The van der Waals surface area contributed by atoms with Gasteiger partial charge in [0.25, 0.3) is 0 Å². The van der Waals surface area contributed by atoms with E-state index >= 15 is 0 Å². The summed E-state index contributed by atoms with van der Waals surface area (Å²) in [5.74, 6) is 0.216. The average Bonchev–Trinajstić information content (AvgIpc) is 3.14. The molecule has 3 rings (SSSR count). The fourth-order valence-electron chi connectivity index (χ4n) is 2.63. The Morgan fingerprint density at radius 2 is 1.96 bits per heavy atom. The van der Waals surface area contributed by atoms with Crippen molar-refractivity contribution in [3.8, 4) is 5.69 Å². The number of hydrogen-bond acceptors (Lipinski definition) is 4. The van der Waals surface area contributed by atoms with Gasteiger partial charge in [-0.15, -0.1) is 10.2 Å². The van der Waals surface area contributed by atoms with Gasteiger partial charge in [-0.1, -0.05) is 53.2 Å². The fraction of sp³-hybridized carbons (Fsp3) is 0.250. The number of nitrogens with zero attached hydrogens (tertiary/aromatic N) is 4. The van der Waals surface area contributed by atoms with Gasteiger partial charge in [-0.2, -0.15) is 0 Å². The molecule has 28 heavy (non-hydrogen) atoms. The number of rotatable bonds is 6. The molecule has 3 aromatic rings. The van der Waals surface area contributed by atoms with Crippen LogP contribution in [0.1, 0.15) is 16.7 Å². The summed E-state index contributed by atoms with van der Waals surface area (Å²) in [5.41, 5.74) is 4.20. The summed E-state index contributed by atoms with van der Waals surface area (Å²) in [5, 5.41) is 9.78. The Morgan fingerprint density at radius 1 is 1.18 bits per heavy atom. The van der Waals surface area contributed by atoms with E-state index in [2.05, 4.69) is 36.2 Å². The van der Waals surface area contributed by atoms with Gasteiger partial charge >= 0.3 is 0 Å². The first kappa shape index (κ1) is 20.7. The molecule has 0 N–H and O–H groups in total. The number of aryl methyl sites for hydroxylation is 2. The Labute approximate surface area is 178 Å². The van der Waals surface area contributed by atoms with Crippen LogP contribution in [0.5, 0.6) is 0 Å². The number of thioether (sulfide) groups is 1. The molecule has 0 aliphatic carbocycles. The van der Waals surface area contributed by atoms with E-state index in [1.165, 1.54) is 22.9 Å². The molecular weight excluding hydrogens is 415 g/mol. The van der Waals surface area contributed by atoms with Crippen LogP contribution >= 0.6 is 35.0 Å². The largest absolute Gasteiger partial charge is 0.341 e. The summed E-state index contributed by atoms with van der Waals surface area (Å²) in [6, 6.07) is 11.6. The van der Waals surface area contributed by atoms with Gasteiger partial charge in [-0.25, -0.2) is 0 Å². The summed E-state index contributed by atoms with van der Waals surface area (Å²) in [6.45, 7) is 4.53. The average molecular weight is 435 g/mol. The Bertz CT molecular complexity index is 1010. The third-order valence-corrected chi connectivity index (χ3v) is 6.26. The summed E-state index contributed by atoms with van der Waals surface area (Å²) in [6.07, 6.45) is 1.66. The molecular formula is C20H20Cl2N4OS. The van der Waals surface area contributed by atoms with E-state index in [1.807, 2.05) is 22.8 Å². The standard InChI is InChI=1S/C20H20Cl2N4OS/c1-13-7-8-16(9-14(13)2)26-12-23-24-20(26)28-11-18(27)25(3)10-15-5-4-6-17(21)19(15)22/h4-9,12H,10-11H2,1-3H3. The van der Waals surface area contributed by atoms with Crippen molar-refractivity contribution < 1.29 is 4.79 Å². The lowest BCUT2D eigenvalue weighted by molar-refractivity contribution is -0.127. The first-order valence-electron chi connectivity index (χ1n) is 8.64. The molecule has 8 heteroatoms. The molecule has 0 radical (unpaired) electrons. The topological polar surface area (TPSA) is 51.0 Å². The van der Waals surface area contributed by atoms with Crippen LogP contribution in [0, 0.1) is 13.8 Å². The first-order valence-corrected chi connectivity index (χ1v) is 10.4. The number of benzene rings is 2. The van der Waals surface area contributed by atoms with Gasteiger partial charge in [0.1, 0.15) is 6.33 Å². The number of aromatic nitrogens is 3. The molecule has 1 heterocycles. The number of hydrogen-bond donors (Lipinski definition) is 0. The van der Waals surface area contributed by atoms with Crippen LogP contribution in [0.4, 0.5) is 0 Å². The summed E-state index contributed by atoms with van der Waals surface area (Å²) in [4.78, 5) is 14.2. The van der Waals surface area contributed by atoms with Gasteiger partial charge in [0.15, 0.2) is 5.16 Å². The SMILES string of the molecule is Cc1ccc(-n2cnnc2SCC(=O)N(C)Cc2cccc(Cl)c2Cl)cc1C. The molecule has 0 atom stereocenters. The molecule has 0 aliphatic rings. The van der Waals surface area contributed by atoms with Crippen molar-refractivity contribution in [1.29, 1.82) is 0 Å². The molecule has 1 amide bonds. The van der Waals surface area contributed by atoms with E-state index in [9.17, 15) is 4.79 Å². The predicted octanol–water partition coefficient (Wildman–Crippen LogP) is 4.94. The van der Waals surface area contributed by atoms with Crippen molar-refractivity contribution in [2.45, 2.75) is 25.5 Å². The zero-order valence-electron chi connectivity index (χ0n) is 15.8. The van der Waals surface area contributed by atoms with Gasteiger partial charge in [0.2, 0.25) is 5.91 Å². The maximum Gasteiger partial charge on any atom is 0.233 e. The quantitative estimate of drug-likeness (QED) is 0.515. The van der Waals surface area contributed by atoms with Crippen LogP contribution in [0.15, 0.2) is 47.9 Å². The highest BCUT2D eigenvalue weighted by Gasteiger charge is 2.15. The van der Waals surface area contributed by atoms with E-state index in [4.69, 9.17) is 23.2 Å². The normalized spacial score (nSPS) is 10.9. The third-order valence-electron chi connectivity index (χ3n) is 4.47. The first-order chi connectivity index (χ1) is 13.4. The van der Waals surface area contributed by atoms with Crippen molar-refractivity contribution in [2.24, 2.45) is 0 Å². The summed E-state index contributed by atoms with van der Waals surface area (Å²) < 4.78 is 1.89. The minimum Gasteiger partial charge on any atom is -0.341 e.